The lowest BCUT2D eigenvalue weighted by Crippen LogP contribution is -2.21. The van der Waals surface area contributed by atoms with E-state index in [1.54, 1.807) is 32.0 Å². The smallest absolute Gasteiger partial charge is 0.374 e. The van der Waals surface area contributed by atoms with Crippen LogP contribution in [-0.2, 0) is 25.3 Å². The third kappa shape index (κ3) is 3.94. The average molecular weight is 420 g/mol. The zero-order chi connectivity index (χ0) is 21.1. The van der Waals surface area contributed by atoms with Crippen LogP contribution in [0.3, 0.4) is 0 Å². The summed E-state index contributed by atoms with van der Waals surface area (Å²) in [5.74, 6) is -1.28. The van der Waals surface area contributed by atoms with Crippen LogP contribution < -0.4 is 5.44 Å². The lowest BCUT2D eigenvalue weighted by Gasteiger charge is -2.15. The van der Waals surface area contributed by atoms with Crippen LogP contribution in [0.15, 0.2) is 24.4 Å². The van der Waals surface area contributed by atoms with Crippen LogP contribution in [0.5, 0.6) is 0 Å². The lowest BCUT2D eigenvalue weighted by atomic mass is 9.99. The number of benzene rings is 1. The van der Waals surface area contributed by atoms with Crippen molar-refractivity contribution in [3.63, 3.8) is 0 Å². The fraction of sp³-hybridized carbons (Fsp3) is 0.368. The number of esters is 1. The molecule has 1 aliphatic rings. The number of aromatic nitrogens is 2. The first kappa shape index (κ1) is 21.1. The summed E-state index contributed by atoms with van der Waals surface area (Å²) in [5.41, 5.74) is 1.47. The van der Waals surface area contributed by atoms with Crippen molar-refractivity contribution >= 4 is 31.5 Å². The second-order valence-corrected chi connectivity index (χ2v) is 7.47. The summed E-state index contributed by atoms with van der Waals surface area (Å²) in [6.45, 7) is 3.81. The van der Waals surface area contributed by atoms with Gasteiger partial charge in [-0.05, 0) is 25.0 Å². The standard InChI is InChI=1S/C19H21N2O7P/c1-3-27-15(10-22)11-6-5-7-12-13(11)8-14(17(12)23)21-9-16(29(25)26)20-18(21)19(24)28-4-2/h5-7,9-10,14-15,29H,3-4,8H2,1-2H3,(H,25,26). The Morgan fingerprint density at radius 1 is 1.41 bits per heavy atom. The van der Waals surface area contributed by atoms with Gasteiger partial charge < -0.3 is 23.7 Å². The quantitative estimate of drug-likeness (QED) is 0.386. The van der Waals surface area contributed by atoms with E-state index >= 15 is 0 Å². The van der Waals surface area contributed by atoms with E-state index in [2.05, 4.69) is 4.98 Å². The molecule has 29 heavy (non-hydrogen) atoms. The molecule has 0 saturated heterocycles. The van der Waals surface area contributed by atoms with Crippen molar-refractivity contribution in [1.82, 2.24) is 9.55 Å². The third-order valence-electron chi connectivity index (χ3n) is 4.70. The number of imidazole rings is 1. The number of rotatable bonds is 8. The maximum atomic E-state index is 13.1. The van der Waals surface area contributed by atoms with Gasteiger partial charge in [-0.15, -0.1) is 0 Å². The average Bonchev–Trinajstić information content (AvgIpc) is 3.28. The number of Topliss-reactive ketones (excluding diaryl/α,β-unsaturated/α-hetero) is 1. The van der Waals surface area contributed by atoms with Crippen molar-refractivity contribution in [2.24, 2.45) is 0 Å². The number of aldehydes is 1. The van der Waals surface area contributed by atoms with Gasteiger partial charge in [0.05, 0.1) is 6.61 Å². The normalized spacial score (nSPS) is 17.6. The molecule has 0 fully saturated rings. The van der Waals surface area contributed by atoms with Gasteiger partial charge in [-0.2, -0.15) is 0 Å². The summed E-state index contributed by atoms with van der Waals surface area (Å²) in [6, 6.07) is 4.19. The van der Waals surface area contributed by atoms with Gasteiger partial charge in [0.15, 0.2) is 12.1 Å². The molecule has 0 saturated carbocycles. The molecule has 3 atom stereocenters. The minimum atomic E-state index is -3.17. The van der Waals surface area contributed by atoms with Crippen molar-refractivity contribution in [1.29, 1.82) is 0 Å². The van der Waals surface area contributed by atoms with Crippen LogP contribution in [0.1, 0.15) is 58.1 Å². The molecular formula is C19H21N2O7P. The van der Waals surface area contributed by atoms with Crippen LogP contribution in [0.25, 0.3) is 0 Å². The highest BCUT2D eigenvalue weighted by atomic mass is 31.1. The van der Waals surface area contributed by atoms with E-state index in [9.17, 15) is 23.8 Å². The fourth-order valence-electron chi connectivity index (χ4n) is 3.48. The zero-order valence-corrected chi connectivity index (χ0v) is 17.0. The Morgan fingerprint density at radius 2 is 2.17 bits per heavy atom. The second-order valence-electron chi connectivity index (χ2n) is 6.35. The van der Waals surface area contributed by atoms with E-state index in [1.165, 1.54) is 10.8 Å². The van der Waals surface area contributed by atoms with E-state index in [0.717, 1.165) is 0 Å². The van der Waals surface area contributed by atoms with E-state index in [4.69, 9.17) is 9.47 Å². The van der Waals surface area contributed by atoms with E-state index in [-0.39, 0.29) is 30.1 Å². The molecule has 0 aliphatic heterocycles. The summed E-state index contributed by atoms with van der Waals surface area (Å²) < 4.78 is 23.3. The van der Waals surface area contributed by atoms with Crippen LogP contribution in [-0.4, -0.2) is 45.7 Å². The first-order valence-corrected chi connectivity index (χ1v) is 10.5. The van der Waals surface area contributed by atoms with Crippen molar-refractivity contribution in [3.05, 3.63) is 46.9 Å². The highest BCUT2D eigenvalue weighted by Crippen LogP contribution is 2.36. The molecule has 1 aromatic heterocycles. The SMILES string of the molecule is CCOC(=O)c1nc([PH](=O)O)cn1C1Cc2c(cccc2C(C=O)OCC)C1=O. The van der Waals surface area contributed by atoms with Gasteiger partial charge in [0.25, 0.3) is 0 Å². The van der Waals surface area contributed by atoms with Gasteiger partial charge in [0.2, 0.25) is 13.9 Å². The van der Waals surface area contributed by atoms with Gasteiger partial charge in [-0.3, -0.25) is 9.36 Å². The van der Waals surface area contributed by atoms with E-state index < -0.39 is 26.1 Å². The predicted octanol–water partition coefficient (Wildman–Crippen LogP) is 1.41. The minimum Gasteiger partial charge on any atom is -0.460 e. The number of carbonyl (C=O) groups is 3. The number of fused-ring (bicyclic) bond motifs is 1. The Bertz CT molecular complexity index is 985. The zero-order valence-electron chi connectivity index (χ0n) is 16.0. The van der Waals surface area contributed by atoms with Crippen molar-refractivity contribution in [2.45, 2.75) is 32.4 Å². The number of ketones is 1. The molecule has 2 aromatic rings. The largest absolute Gasteiger partial charge is 0.460 e. The van der Waals surface area contributed by atoms with Crippen molar-refractivity contribution in [2.75, 3.05) is 13.2 Å². The lowest BCUT2D eigenvalue weighted by molar-refractivity contribution is -0.118. The maximum absolute atomic E-state index is 13.1. The highest BCUT2D eigenvalue weighted by molar-refractivity contribution is 7.47. The predicted molar refractivity (Wildman–Crippen MR) is 103 cm³/mol. The van der Waals surface area contributed by atoms with Gasteiger partial charge >= 0.3 is 5.97 Å². The summed E-state index contributed by atoms with van der Waals surface area (Å²) in [6.07, 6.45) is 1.30. The van der Waals surface area contributed by atoms with E-state index in [1.807, 2.05) is 0 Å². The Kier molecular flexibility index (Phi) is 6.42. The number of hydrogen-bond donors (Lipinski definition) is 1. The molecule has 1 heterocycles. The number of carbonyl (C=O) groups excluding carboxylic acids is 3. The maximum Gasteiger partial charge on any atom is 0.374 e. The first-order chi connectivity index (χ1) is 13.9. The molecule has 0 spiro atoms. The van der Waals surface area contributed by atoms with Crippen LogP contribution in [0.2, 0.25) is 0 Å². The Hall–Kier alpha value is -2.61. The van der Waals surface area contributed by atoms with Crippen LogP contribution in [0.4, 0.5) is 0 Å². The molecule has 9 nitrogen and oxygen atoms in total. The molecule has 1 N–H and O–H groups in total. The summed E-state index contributed by atoms with van der Waals surface area (Å²) in [7, 11) is -3.17. The van der Waals surface area contributed by atoms with Gasteiger partial charge in [0, 0.05) is 24.8 Å². The highest BCUT2D eigenvalue weighted by Gasteiger charge is 2.37. The second kappa shape index (κ2) is 8.82. The Morgan fingerprint density at radius 3 is 2.79 bits per heavy atom. The molecule has 0 bridgehead atoms. The fourth-order valence-corrected chi connectivity index (χ4v) is 3.93. The molecule has 0 radical (unpaired) electrons. The molecule has 10 heteroatoms. The third-order valence-corrected chi connectivity index (χ3v) is 5.38. The topological polar surface area (TPSA) is 125 Å². The van der Waals surface area contributed by atoms with Crippen molar-refractivity contribution in [3.8, 4) is 0 Å². The number of hydrogen-bond acceptors (Lipinski definition) is 7. The van der Waals surface area contributed by atoms with Gasteiger partial charge in [-0.25, -0.2) is 9.78 Å². The summed E-state index contributed by atoms with van der Waals surface area (Å²) >= 11 is 0. The van der Waals surface area contributed by atoms with Gasteiger partial charge in [0.1, 0.15) is 17.6 Å². The summed E-state index contributed by atoms with van der Waals surface area (Å²) in [4.78, 5) is 50.2. The van der Waals surface area contributed by atoms with E-state index in [0.29, 0.717) is 29.6 Å². The molecule has 3 rings (SSSR count). The molecule has 0 amide bonds. The molecule has 1 aliphatic carbocycles. The number of nitrogens with zero attached hydrogens (tertiary/aromatic N) is 2. The Labute approximate surface area is 167 Å². The summed E-state index contributed by atoms with van der Waals surface area (Å²) in [5, 5.41) is 0. The molecule has 154 valence electrons. The van der Waals surface area contributed by atoms with Crippen molar-refractivity contribution < 1.29 is 33.3 Å². The first-order valence-electron chi connectivity index (χ1n) is 9.15. The molecule has 3 unspecified atom stereocenters. The van der Waals surface area contributed by atoms with Gasteiger partial charge in [-0.1, -0.05) is 18.2 Å². The molecular weight excluding hydrogens is 399 g/mol. The molecule has 1 aromatic carbocycles. The Balaban J connectivity index is 2.06. The van der Waals surface area contributed by atoms with Crippen LogP contribution in [0, 0.1) is 0 Å². The monoisotopic (exact) mass is 420 g/mol. The minimum absolute atomic E-state index is 0.0910. The number of ether oxygens (including phenoxy) is 2. The van der Waals surface area contributed by atoms with Crippen LogP contribution >= 0.6 is 8.03 Å².